The Morgan fingerprint density at radius 3 is 2.65 bits per heavy atom. The molecule has 1 aromatic rings. The van der Waals surface area contributed by atoms with E-state index in [1.165, 1.54) is 12.1 Å². The Labute approximate surface area is 131 Å². The highest BCUT2D eigenvalue weighted by Gasteiger charge is 2.36. The first-order valence-corrected chi connectivity index (χ1v) is 7.58. The van der Waals surface area contributed by atoms with E-state index in [0.29, 0.717) is 18.7 Å². The van der Waals surface area contributed by atoms with Gasteiger partial charge in [-0.15, -0.1) is 0 Å². The zero-order valence-electron chi connectivity index (χ0n) is 12.4. The molecule has 1 aliphatic heterocycles. The Hall–Kier alpha value is -2.23. The maximum absolute atomic E-state index is 12.9. The van der Waals surface area contributed by atoms with Gasteiger partial charge < -0.3 is 10.2 Å². The highest BCUT2D eigenvalue weighted by atomic mass is 19.4. The van der Waals surface area contributed by atoms with E-state index in [1.54, 1.807) is 11.0 Å². The van der Waals surface area contributed by atoms with Crippen LogP contribution in [0.4, 0.5) is 18.9 Å². The fraction of sp³-hybridized carbons (Fsp3) is 0.500. The molecular weight excluding hydrogens is 307 g/mol. The van der Waals surface area contributed by atoms with Gasteiger partial charge in [-0.2, -0.15) is 18.4 Å². The average Bonchev–Trinajstić information content (AvgIpc) is 3.17. The van der Waals surface area contributed by atoms with E-state index in [4.69, 9.17) is 5.26 Å². The quantitative estimate of drug-likeness (QED) is 0.930. The van der Waals surface area contributed by atoms with Crippen LogP contribution in [0, 0.1) is 11.3 Å². The number of rotatable bonds is 3. The van der Waals surface area contributed by atoms with Gasteiger partial charge in [0, 0.05) is 18.3 Å². The number of benzene rings is 1. The maximum Gasteiger partial charge on any atom is 0.417 e. The summed E-state index contributed by atoms with van der Waals surface area (Å²) in [4.78, 5) is 14.1. The number of amides is 1. The van der Waals surface area contributed by atoms with Gasteiger partial charge in [0.1, 0.15) is 6.04 Å². The number of nitrogens with zero attached hydrogens (tertiary/aromatic N) is 2. The third-order valence-corrected chi connectivity index (χ3v) is 4.24. The summed E-state index contributed by atoms with van der Waals surface area (Å²) in [5.74, 6) is -0.0802. The van der Waals surface area contributed by atoms with E-state index in [-0.39, 0.29) is 18.0 Å². The van der Waals surface area contributed by atoms with Crippen LogP contribution in [0.5, 0.6) is 0 Å². The third kappa shape index (κ3) is 3.26. The van der Waals surface area contributed by atoms with Gasteiger partial charge in [0.15, 0.2) is 0 Å². The minimum absolute atomic E-state index is 0.0802. The first-order valence-electron chi connectivity index (χ1n) is 7.58. The van der Waals surface area contributed by atoms with E-state index in [2.05, 4.69) is 5.32 Å². The second-order valence-corrected chi connectivity index (χ2v) is 5.97. The first kappa shape index (κ1) is 15.7. The molecule has 3 rings (SSSR count). The molecule has 1 N–H and O–H groups in total. The molecule has 4 nitrogen and oxygen atoms in total. The van der Waals surface area contributed by atoms with Crippen molar-refractivity contribution in [1.29, 1.82) is 5.26 Å². The van der Waals surface area contributed by atoms with Crippen LogP contribution in [0.3, 0.4) is 0 Å². The standard InChI is InChI=1S/C16H16F3N3O/c17-16(18,19)13-6-5-12(8-10(13)9-20)22-7-1-2-14(22)15(23)21-11-3-4-11/h5-6,8,11,14H,1-4,7H2,(H,21,23)/t14-/m1/s1. The Morgan fingerprint density at radius 1 is 1.30 bits per heavy atom. The van der Waals surface area contributed by atoms with E-state index in [9.17, 15) is 18.0 Å². The van der Waals surface area contributed by atoms with Crippen molar-refractivity contribution in [3.63, 3.8) is 0 Å². The van der Waals surface area contributed by atoms with Crippen LogP contribution in [0.1, 0.15) is 36.8 Å². The fourth-order valence-corrected chi connectivity index (χ4v) is 2.92. The van der Waals surface area contributed by atoms with Crippen LogP contribution in [-0.4, -0.2) is 24.5 Å². The number of anilines is 1. The van der Waals surface area contributed by atoms with Crippen molar-refractivity contribution < 1.29 is 18.0 Å². The van der Waals surface area contributed by atoms with Crippen LogP contribution in [0.2, 0.25) is 0 Å². The van der Waals surface area contributed by atoms with E-state index in [0.717, 1.165) is 25.3 Å². The van der Waals surface area contributed by atoms with Crippen molar-refractivity contribution in [3.8, 4) is 6.07 Å². The highest BCUT2D eigenvalue weighted by Crippen LogP contribution is 2.35. The number of carbonyl (C=O) groups is 1. The van der Waals surface area contributed by atoms with Gasteiger partial charge in [0.05, 0.1) is 17.2 Å². The summed E-state index contributed by atoms with van der Waals surface area (Å²) in [5, 5.41) is 11.9. The molecule has 1 amide bonds. The van der Waals surface area contributed by atoms with E-state index >= 15 is 0 Å². The smallest absolute Gasteiger partial charge is 0.359 e. The van der Waals surface area contributed by atoms with E-state index < -0.39 is 17.3 Å². The molecule has 1 atom stereocenters. The molecule has 2 fully saturated rings. The van der Waals surface area contributed by atoms with Crippen molar-refractivity contribution in [2.75, 3.05) is 11.4 Å². The minimum atomic E-state index is -4.56. The van der Waals surface area contributed by atoms with E-state index in [1.807, 2.05) is 0 Å². The molecule has 0 spiro atoms. The molecule has 1 saturated carbocycles. The Kier molecular flexibility index (Phi) is 3.92. The molecule has 0 radical (unpaired) electrons. The molecule has 1 saturated heterocycles. The van der Waals surface area contributed by atoms with Crippen molar-refractivity contribution in [1.82, 2.24) is 5.32 Å². The maximum atomic E-state index is 12.9. The van der Waals surface area contributed by atoms with Crippen LogP contribution >= 0.6 is 0 Å². The molecule has 0 aromatic heterocycles. The SMILES string of the molecule is N#Cc1cc(N2CCC[C@@H]2C(=O)NC2CC2)ccc1C(F)(F)F. The summed E-state index contributed by atoms with van der Waals surface area (Å²) in [6.45, 7) is 0.596. The number of carbonyl (C=O) groups excluding carboxylic acids is 1. The lowest BCUT2D eigenvalue weighted by Gasteiger charge is -2.26. The lowest BCUT2D eigenvalue weighted by molar-refractivity contribution is -0.137. The normalized spacial score (nSPS) is 21.1. The third-order valence-electron chi connectivity index (χ3n) is 4.24. The van der Waals surface area contributed by atoms with Gasteiger partial charge in [0.2, 0.25) is 5.91 Å². The first-order chi connectivity index (χ1) is 10.9. The molecular formula is C16H16F3N3O. The van der Waals surface area contributed by atoms with Gasteiger partial charge in [-0.25, -0.2) is 0 Å². The van der Waals surface area contributed by atoms with Crippen LogP contribution in [0.15, 0.2) is 18.2 Å². The molecule has 23 heavy (non-hydrogen) atoms. The number of alkyl halides is 3. The summed E-state index contributed by atoms with van der Waals surface area (Å²) >= 11 is 0. The second-order valence-electron chi connectivity index (χ2n) is 5.97. The Bertz CT molecular complexity index is 662. The Balaban J connectivity index is 1.85. The summed E-state index contributed by atoms with van der Waals surface area (Å²) in [6.07, 6.45) is -1.13. The monoisotopic (exact) mass is 323 g/mol. The number of halogens is 3. The number of hydrogen-bond donors (Lipinski definition) is 1. The summed E-state index contributed by atoms with van der Waals surface area (Å²) in [7, 11) is 0. The minimum Gasteiger partial charge on any atom is -0.359 e. The fourth-order valence-electron chi connectivity index (χ4n) is 2.92. The lowest BCUT2D eigenvalue weighted by atomic mass is 10.1. The lowest BCUT2D eigenvalue weighted by Crippen LogP contribution is -2.44. The summed E-state index contributed by atoms with van der Waals surface area (Å²) < 4.78 is 38.6. The largest absolute Gasteiger partial charge is 0.417 e. The summed E-state index contributed by atoms with van der Waals surface area (Å²) in [6, 6.07) is 4.96. The molecule has 1 aromatic carbocycles. The van der Waals surface area contributed by atoms with Crippen molar-refractivity contribution >= 4 is 11.6 Å². The van der Waals surface area contributed by atoms with Gasteiger partial charge in [0.25, 0.3) is 0 Å². The van der Waals surface area contributed by atoms with Gasteiger partial charge >= 0.3 is 6.18 Å². The Morgan fingerprint density at radius 2 is 2.04 bits per heavy atom. The van der Waals surface area contributed by atoms with Crippen LogP contribution in [0.25, 0.3) is 0 Å². The predicted molar refractivity (Wildman–Crippen MR) is 77.7 cm³/mol. The molecule has 2 aliphatic rings. The molecule has 122 valence electrons. The zero-order chi connectivity index (χ0) is 16.6. The molecule has 7 heteroatoms. The highest BCUT2D eigenvalue weighted by molar-refractivity contribution is 5.86. The second kappa shape index (κ2) is 5.76. The van der Waals surface area contributed by atoms with Gasteiger partial charge in [-0.1, -0.05) is 0 Å². The van der Waals surface area contributed by atoms with Gasteiger partial charge in [-0.3, -0.25) is 4.79 Å². The van der Waals surface area contributed by atoms with Crippen LogP contribution < -0.4 is 10.2 Å². The molecule has 1 aliphatic carbocycles. The zero-order valence-corrected chi connectivity index (χ0v) is 12.4. The predicted octanol–water partition coefficient (Wildman–Crippen LogP) is 2.82. The number of nitrogens with one attached hydrogen (secondary N) is 1. The number of hydrogen-bond acceptors (Lipinski definition) is 3. The van der Waals surface area contributed by atoms with Gasteiger partial charge in [-0.05, 0) is 43.9 Å². The van der Waals surface area contributed by atoms with Crippen molar-refractivity contribution in [2.24, 2.45) is 0 Å². The summed E-state index contributed by atoms with van der Waals surface area (Å²) in [5.41, 5.74) is -0.867. The molecule has 1 heterocycles. The van der Waals surface area contributed by atoms with Crippen molar-refractivity contribution in [2.45, 2.75) is 43.9 Å². The average molecular weight is 323 g/mol. The van der Waals surface area contributed by atoms with Crippen molar-refractivity contribution in [3.05, 3.63) is 29.3 Å². The number of nitriles is 1. The molecule has 0 unspecified atom stereocenters. The van der Waals surface area contributed by atoms with Crippen LogP contribution in [-0.2, 0) is 11.0 Å². The molecule has 0 bridgehead atoms. The topological polar surface area (TPSA) is 56.1 Å².